The van der Waals surface area contributed by atoms with E-state index in [0.717, 1.165) is 18.1 Å². The molecule has 27 heavy (non-hydrogen) atoms. The molecule has 0 rings (SSSR count). The summed E-state index contributed by atoms with van der Waals surface area (Å²) >= 11 is 0. The van der Waals surface area contributed by atoms with Gasteiger partial charge in [-0.15, -0.1) is 0 Å². The van der Waals surface area contributed by atoms with Gasteiger partial charge in [0.05, 0.1) is 25.2 Å². The van der Waals surface area contributed by atoms with Crippen LogP contribution >= 0.6 is 0 Å². The molecule has 0 radical (unpaired) electrons. The Bertz CT molecular complexity index is 640. The number of quaternary nitrogens is 1. The number of rotatable bonds is 5. The van der Waals surface area contributed by atoms with Crippen molar-refractivity contribution in [3.63, 3.8) is 0 Å². The highest BCUT2D eigenvalue weighted by Crippen LogP contribution is 2.26. The standard InChI is InChI=1S/C10H24N.C3HF6NO4S2/c1-8(2)11(7,9(3)4)10(5)6;4-2(5,6)15(11,12)1-10-16(13,14)3(7,8)9/h8-10H,1-7H3;1H/q+1;/b;10-1+. The zero-order valence-electron chi connectivity index (χ0n) is 15.9. The minimum Gasteiger partial charge on any atom is -0.320 e. The summed E-state index contributed by atoms with van der Waals surface area (Å²) in [5.41, 5.74) is -13.2. The Labute approximate surface area is 155 Å². The Kier molecular flexibility index (Phi) is 9.52. The molecule has 0 spiro atoms. The van der Waals surface area contributed by atoms with E-state index in [0.29, 0.717) is 0 Å². The third kappa shape index (κ3) is 7.56. The fourth-order valence-corrected chi connectivity index (χ4v) is 3.17. The van der Waals surface area contributed by atoms with Gasteiger partial charge in [0.15, 0.2) is 0 Å². The molecule has 0 aliphatic rings. The molecule has 0 fully saturated rings. The van der Waals surface area contributed by atoms with Crippen LogP contribution in [-0.4, -0.2) is 63.1 Å². The first-order chi connectivity index (χ1) is 11.5. The highest BCUT2D eigenvalue weighted by Gasteiger charge is 2.48. The fraction of sp³-hybridized carbons (Fsp3) is 0.923. The van der Waals surface area contributed by atoms with Crippen LogP contribution in [0.2, 0.25) is 0 Å². The van der Waals surface area contributed by atoms with Crippen LogP contribution in [0.3, 0.4) is 0 Å². The summed E-state index contributed by atoms with van der Waals surface area (Å²) in [7, 11) is -10.1. The molecular formula is C13H25F6N2O4S2+. The lowest BCUT2D eigenvalue weighted by atomic mass is 10.1. The average Bonchev–Trinajstić information content (AvgIpc) is 2.41. The topological polar surface area (TPSA) is 80.6 Å². The van der Waals surface area contributed by atoms with Crippen molar-refractivity contribution in [3.8, 4) is 0 Å². The minimum absolute atomic E-state index is 0.718. The molecule has 0 aliphatic heterocycles. The summed E-state index contributed by atoms with van der Waals surface area (Å²) in [6.07, 6.45) is 0. The van der Waals surface area contributed by atoms with Crippen LogP contribution in [0.25, 0.3) is 0 Å². The molecule has 14 heteroatoms. The van der Waals surface area contributed by atoms with Crippen molar-refractivity contribution in [1.29, 1.82) is 0 Å². The molecule has 0 aromatic rings. The van der Waals surface area contributed by atoms with Gasteiger partial charge in [0.25, 0.3) is 9.84 Å². The van der Waals surface area contributed by atoms with Crippen LogP contribution in [0.5, 0.6) is 0 Å². The third-order valence-corrected chi connectivity index (χ3v) is 6.40. The Morgan fingerprint density at radius 2 is 1.04 bits per heavy atom. The van der Waals surface area contributed by atoms with E-state index in [4.69, 9.17) is 0 Å². The van der Waals surface area contributed by atoms with Gasteiger partial charge in [0, 0.05) is 0 Å². The van der Waals surface area contributed by atoms with E-state index in [1.54, 1.807) is 0 Å². The van der Waals surface area contributed by atoms with E-state index >= 15 is 0 Å². The molecule has 0 saturated heterocycles. The summed E-state index contributed by atoms with van der Waals surface area (Å²) in [6, 6.07) is 2.15. The van der Waals surface area contributed by atoms with Gasteiger partial charge in [-0.05, 0) is 41.5 Å². The smallest absolute Gasteiger partial charge is 0.320 e. The molecule has 0 amide bonds. The first-order valence-corrected chi connectivity index (χ1v) is 10.6. The van der Waals surface area contributed by atoms with Crippen molar-refractivity contribution < 1.29 is 47.7 Å². The van der Waals surface area contributed by atoms with Crippen molar-refractivity contribution in [2.45, 2.75) is 70.7 Å². The quantitative estimate of drug-likeness (QED) is 0.278. The van der Waals surface area contributed by atoms with Crippen molar-refractivity contribution in [2.24, 2.45) is 4.40 Å². The molecule has 0 unspecified atom stereocenters. The van der Waals surface area contributed by atoms with Gasteiger partial charge in [-0.1, -0.05) is 0 Å². The van der Waals surface area contributed by atoms with Crippen molar-refractivity contribution in [3.05, 3.63) is 0 Å². The van der Waals surface area contributed by atoms with Crippen LogP contribution in [0.15, 0.2) is 4.40 Å². The molecule has 0 N–H and O–H groups in total. The van der Waals surface area contributed by atoms with Crippen LogP contribution < -0.4 is 0 Å². The first-order valence-electron chi connectivity index (χ1n) is 7.57. The van der Waals surface area contributed by atoms with Gasteiger partial charge < -0.3 is 4.48 Å². The number of nitrogens with zero attached hydrogens (tertiary/aromatic N) is 2. The maximum atomic E-state index is 11.5. The highest BCUT2D eigenvalue weighted by molar-refractivity contribution is 8.06. The second-order valence-electron chi connectivity index (χ2n) is 6.63. The maximum Gasteiger partial charge on any atom is 0.518 e. The molecule has 0 aliphatic carbocycles. The van der Waals surface area contributed by atoms with Gasteiger partial charge >= 0.3 is 21.0 Å². The lowest BCUT2D eigenvalue weighted by Crippen LogP contribution is -2.58. The van der Waals surface area contributed by atoms with Crippen LogP contribution in [-0.2, 0) is 19.9 Å². The Balaban J connectivity index is 0. The number of halogens is 6. The van der Waals surface area contributed by atoms with Gasteiger partial charge in [-0.3, -0.25) is 0 Å². The Hall–Kier alpha value is -0.890. The normalized spacial score (nSPS) is 14.8. The minimum atomic E-state index is -6.30. The average molecular weight is 451 g/mol. The van der Waals surface area contributed by atoms with Crippen molar-refractivity contribution >= 4 is 25.4 Å². The van der Waals surface area contributed by atoms with E-state index in [1.807, 2.05) is 0 Å². The van der Waals surface area contributed by atoms with Gasteiger partial charge in [-0.25, -0.2) is 8.42 Å². The molecule has 6 nitrogen and oxygen atoms in total. The molecule has 0 saturated carbocycles. The van der Waals surface area contributed by atoms with Gasteiger partial charge in [0.2, 0.25) is 0 Å². The largest absolute Gasteiger partial charge is 0.518 e. The lowest BCUT2D eigenvalue weighted by Gasteiger charge is -2.46. The predicted octanol–water partition coefficient (Wildman–Crippen LogP) is 3.46. The van der Waals surface area contributed by atoms with E-state index in [-0.39, 0.29) is 0 Å². The SMILES string of the molecule is CC(C)[N+](C)(C(C)C)C(C)C.O=S(=O)(/C=N/S(=O)(=O)C(F)(F)F)C(F)(F)F. The van der Waals surface area contributed by atoms with Crippen molar-refractivity contribution in [2.75, 3.05) is 7.05 Å². The fourth-order valence-electron chi connectivity index (χ4n) is 2.02. The van der Waals surface area contributed by atoms with Gasteiger partial charge in [0.1, 0.15) is 5.55 Å². The molecule has 0 aromatic heterocycles. The third-order valence-electron chi connectivity index (χ3n) is 4.27. The summed E-state index contributed by atoms with van der Waals surface area (Å²) in [5, 5.41) is 0. The van der Waals surface area contributed by atoms with Crippen molar-refractivity contribution in [1.82, 2.24) is 0 Å². The summed E-state index contributed by atoms with van der Waals surface area (Å²) in [6.45, 7) is 13.8. The first kappa shape index (κ1) is 28.3. The second kappa shape index (κ2) is 9.07. The van der Waals surface area contributed by atoms with Crippen LogP contribution in [0.4, 0.5) is 26.3 Å². The number of hydrogen-bond donors (Lipinski definition) is 0. The molecule has 0 heterocycles. The molecule has 0 bridgehead atoms. The molecular weight excluding hydrogens is 426 g/mol. The van der Waals surface area contributed by atoms with E-state index < -0.39 is 36.4 Å². The number of alkyl halides is 6. The zero-order valence-corrected chi connectivity index (χ0v) is 17.6. The number of sulfonamides is 1. The van der Waals surface area contributed by atoms with E-state index in [9.17, 15) is 43.2 Å². The second-order valence-corrected chi connectivity index (χ2v) is 10.0. The molecule has 0 aromatic carbocycles. The Morgan fingerprint density at radius 1 is 0.741 bits per heavy atom. The Morgan fingerprint density at radius 3 is 1.19 bits per heavy atom. The summed E-state index contributed by atoms with van der Waals surface area (Å²) < 4.78 is 112. The molecule has 0 atom stereocenters. The van der Waals surface area contributed by atoms with E-state index in [2.05, 4.69) is 48.6 Å². The number of sulfone groups is 1. The van der Waals surface area contributed by atoms with Crippen LogP contribution in [0, 0.1) is 0 Å². The monoisotopic (exact) mass is 451 g/mol. The van der Waals surface area contributed by atoms with E-state index in [1.165, 1.54) is 8.88 Å². The van der Waals surface area contributed by atoms with Crippen LogP contribution in [0.1, 0.15) is 41.5 Å². The summed E-state index contributed by atoms with van der Waals surface area (Å²) in [5.74, 6) is 0. The lowest BCUT2D eigenvalue weighted by molar-refractivity contribution is -0.968. The maximum absolute atomic E-state index is 11.5. The molecule has 164 valence electrons. The predicted molar refractivity (Wildman–Crippen MR) is 90.0 cm³/mol. The summed E-state index contributed by atoms with van der Waals surface area (Å²) in [4.78, 5) is 0. The van der Waals surface area contributed by atoms with Gasteiger partial charge in [-0.2, -0.15) is 39.2 Å². The number of hydrogen-bond acceptors (Lipinski definition) is 4. The highest BCUT2D eigenvalue weighted by atomic mass is 32.2. The zero-order chi connectivity index (χ0) is 22.6.